The molecular weight excluding hydrogens is 294 g/mol. The molecule has 1 saturated heterocycles. The summed E-state index contributed by atoms with van der Waals surface area (Å²) in [6.07, 6.45) is 2.02. The number of rotatable bonds is 5. The van der Waals surface area contributed by atoms with Gasteiger partial charge in [0.15, 0.2) is 9.84 Å². The Morgan fingerprint density at radius 3 is 2.76 bits per heavy atom. The molecule has 1 aromatic heterocycles. The van der Waals surface area contributed by atoms with Crippen molar-refractivity contribution in [1.29, 1.82) is 0 Å². The minimum absolute atomic E-state index is 0.00142. The monoisotopic (exact) mass is 315 g/mol. The van der Waals surface area contributed by atoms with E-state index in [1.807, 2.05) is 13.8 Å². The smallest absolute Gasteiger partial charge is 0.317 e. The van der Waals surface area contributed by atoms with E-state index in [-0.39, 0.29) is 30.1 Å². The van der Waals surface area contributed by atoms with Crippen molar-refractivity contribution in [2.24, 2.45) is 5.92 Å². The maximum atomic E-state index is 12.3. The maximum absolute atomic E-state index is 12.3. The highest BCUT2D eigenvalue weighted by Gasteiger charge is 2.41. The number of hydrogen-bond donors (Lipinski definition) is 0. The van der Waals surface area contributed by atoms with Crippen molar-refractivity contribution in [3.8, 4) is 0 Å². The lowest BCUT2D eigenvalue weighted by molar-refractivity contribution is -0.146. The molecule has 2 unspecified atom stereocenters. The minimum atomic E-state index is -3.08. The minimum Gasteiger partial charge on any atom is -0.465 e. The normalized spacial score (nSPS) is 22.4. The predicted octanol–water partition coefficient (Wildman–Crippen LogP) is 0.940. The topological polar surface area (TPSA) is 91.2 Å². The molecule has 2 atom stereocenters. The fourth-order valence-corrected chi connectivity index (χ4v) is 4.54. The van der Waals surface area contributed by atoms with Crippen LogP contribution in [0.15, 0.2) is 6.33 Å². The second-order valence-corrected chi connectivity index (χ2v) is 7.81. The third-order valence-corrected chi connectivity index (χ3v) is 5.51. The van der Waals surface area contributed by atoms with Gasteiger partial charge in [0, 0.05) is 6.04 Å². The van der Waals surface area contributed by atoms with E-state index in [0.717, 1.165) is 0 Å². The van der Waals surface area contributed by atoms with Gasteiger partial charge >= 0.3 is 5.97 Å². The Hall–Kier alpha value is -1.44. The van der Waals surface area contributed by atoms with Gasteiger partial charge in [-0.3, -0.25) is 4.79 Å². The van der Waals surface area contributed by atoms with Crippen LogP contribution in [0, 0.1) is 5.92 Å². The Labute approximate surface area is 124 Å². The van der Waals surface area contributed by atoms with E-state index in [9.17, 15) is 13.2 Å². The van der Waals surface area contributed by atoms with E-state index < -0.39 is 21.7 Å². The molecule has 0 saturated carbocycles. The lowest BCUT2D eigenvalue weighted by atomic mass is 9.90. The lowest BCUT2D eigenvalue weighted by Gasteiger charge is -2.22. The first-order valence-corrected chi connectivity index (χ1v) is 8.94. The van der Waals surface area contributed by atoms with Gasteiger partial charge in [-0.2, -0.15) is 0 Å². The summed E-state index contributed by atoms with van der Waals surface area (Å²) in [6, 6.07) is 0.0879. The Bertz CT molecular complexity index is 609. The first kappa shape index (κ1) is 15.9. The van der Waals surface area contributed by atoms with Gasteiger partial charge in [0.1, 0.15) is 18.1 Å². The summed E-state index contributed by atoms with van der Waals surface area (Å²) in [7, 11) is -3.08. The first-order valence-electron chi connectivity index (χ1n) is 7.12. The van der Waals surface area contributed by atoms with Crippen LogP contribution in [0.2, 0.25) is 0 Å². The van der Waals surface area contributed by atoms with E-state index >= 15 is 0 Å². The molecule has 0 N–H and O–H groups in total. The maximum Gasteiger partial charge on any atom is 0.317 e. The van der Waals surface area contributed by atoms with Crippen LogP contribution < -0.4 is 0 Å². The van der Waals surface area contributed by atoms with Crippen molar-refractivity contribution in [3.05, 3.63) is 12.2 Å². The Morgan fingerprint density at radius 2 is 2.24 bits per heavy atom. The van der Waals surface area contributed by atoms with Gasteiger partial charge in [-0.25, -0.2) is 8.42 Å². The number of nitrogens with zero attached hydrogens (tertiary/aromatic N) is 3. The number of carbonyl (C=O) groups is 1. The van der Waals surface area contributed by atoms with Crippen molar-refractivity contribution >= 4 is 15.8 Å². The molecule has 0 spiro atoms. The second kappa shape index (κ2) is 6.13. The van der Waals surface area contributed by atoms with Gasteiger partial charge in [-0.1, -0.05) is 0 Å². The zero-order chi connectivity index (χ0) is 15.6. The van der Waals surface area contributed by atoms with E-state index in [1.165, 1.54) is 0 Å². The zero-order valence-electron chi connectivity index (χ0n) is 12.5. The molecule has 1 aliphatic heterocycles. The standard InChI is InChI=1S/C13H21N3O4S/c1-4-20-13(17)11(10-5-6-21(18,19)7-10)12-15-14-8-16(12)9(2)3/h8-11H,4-7H2,1-3H3. The molecule has 1 aromatic rings. The van der Waals surface area contributed by atoms with Crippen LogP contribution in [0.5, 0.6) is 0 Å². The van der Waals surface area contributed by atoms with Crippen molar-refractivity contribution in [1.82, 2.24) is 14.8 Å². The Balaban J connectivity index is 2.37. The summed E-state index contributed by atoms with van der Waals surface area (Å²) in [5.74, 6) is -0.784. The molecule has 0 aliphatic carbocycles. The highest BCUT2D eigenvalue weighted by molar-refractivity contribution is 7.91. The molecule has 0 aromatic carbocycles. The van der Waals surface area contributed by atoms with Gasteiger partial charge in [0.25, 0.3) is 0 Å². The van der Waals surface area contributed by atoms with Gasteiger partial charge in [0.2, 0.25) is 0 Å². The SMILES string of the molecule is CCOC(=O)C(c1nncn1C(C)C)C1CCS(=O)(=O)C1. The number of carbonyl (C=O) groups excluding carboxylic acids is 1. The molecule has 0 bridgehead atoms. The number of esters is 1. The van der Waals surface area contributed by atoms with E-state index in [2.05, 4.69) is 10.2 Å². The Morgan fingerprint density at radius 1 is 1.52 bits per heavy atom. The molecule has 7 nitrogen and oxygen atoms in total. The highest BCUT2D eigenvalue weighted by Crippen LogP contribution is 2.34. The van der Waals surface area contributed by atoms with Crippen LogP contribution in [0.4, 0.5) is 0 Å². The molecular formula is C13H21N3O4S. The zero-order valence-corrected chi connectivity index (χ0v) is 13.3. The van der Waals surface area contributed by atoms with Crippen LogP contribution in [-0.4, -0.2) is 47.3 Å². The highest BCUT2D eigenvalue weighted by atomic mass is 32.2. The molecule has 8 heteroatoms. The van der Waals surface area contributed by atoms with Crippen LogP contribution in [0.1, 0.15) is 45.0 Å². The summed E-state index contributed by atoms with van der Waals surface area (Å²) < 4.78 is 30.4. The number of ether oxygens (including phenoxy) is 1. The number of sulfone groups is 1. The van der Waals surface area contributed by atoms with Crippen LogP contribution in [0.25, 0.3) is 0 Å². The largest absolute Gasteiger partial charge is 0.465 e. The summed E-state index contributed by atoms with van der Waals surface area (Å²) in [6.45, 7) is 5.90. The summed E-state index contributed by atoms with van der Waals surface area (Å²) in [4.78, 5) is 12.3. The second-order valence-electron chi connectivity index (χ2n) is 5.58. The van der Waals surface area contributed by atoms with Crippen molar-refractivity contribution < 1.29 is 17.9 Å². The van der Waals surface area contributed by atoms with Gasteiger partial charge in [-0.15, -0.1) is 10.2 Å². The quantitative estimate of drug-likeness (QED) is 0.751. The number of hydrogen-bond acceptors (Lipinski definition) is 6. The molecule has 21 heavy (non-hydrogen) atoms. The van der Waals surface area contributed by atoms with Gasteiger partial charge in [-0.05, 0) is 33.1 Å². The molecule has 0 radical (unpaired) electrons. The molecule has 2 rings (SSSR count). The summed E-state index contributed by atoms with van der Waals surface area (Å²) >= 11 is 0. The molecule has 118 valence electrons. The predicted molar refractivity (Wildman–Crippen MR) is 76.5 cm³/mol. The van der Waals surface area contributed by atoms with Crippen molar-refractivity contribution in [2.45, 2.75) is 39.2 Å². The summed E-state index contributed by atoms with van der Waals surface area (Å²) in [5.41, 5.74) is 0. The first-order chi connectivity index (χ1) is 9.85. The fraction of sp³-hybridized carbons (Fsp3) is 0.769. The molecule has 1 fully saturated rings. The van der Waals surface area contributed by atoms with Gasteiger partial charge < -0.3 is 9.30 Å². The van der Waals surface area contributed by atoms with Crippen LogP contribution in [-0.2, 0) is 19.4 Å². The average molecular weight is 315 g/mol. The summed E-state index contributed by atoms with van der Waals surface area (Å²) in [5, 5.41) is 7.92. The van der Waals surface area contributed by atoms with Gasteiger partial charge in [0.05, 0.1) is 18.1 Å². The van der Waals surface area contributed by atoms with E-state index in [0.29, 0.717) is 12.2 Å². The molecule has 2 heterocycles. The molecule has 0 amide bonds. The van der Waals surface area contributed by atoms with E-state index in [4.69, 9.17) is 4.74 Å². The van der Waals surface area contributed by atoms with E-state index in [1.54, 1.807) is 17.8 Å². The third-order valence-electron chi connectivity index (χ3n) is 3.71. The Kier molecular flexibility index (Phi) is 4.65. The average Bonchev–Trinajstić information content (AvgIpc) is 2.97. The fourth-order valence-electron chi connectivity index (χ4n) is 2.70. The number of aromatic nitrogens is 3. The van der Waals surface area contributed by atoms with Crippen molar-refractivity contribution in [2.75, 3.05) is 18.1 Å². The molecule has 1 aliphatic rings. The third kappa shape index (κ3) is 3.42. The van der Waals surface area contributed by atoms with Crippen molar-refractivity contribution in [3.63, 3.8) is 0 Å². The van der Waals surface area contributed by atoms with Crippen LogP contribution in [0.3, 0.4) is 0 Å². The van der Waals surface area contributed by atoms with Crippen LogP contribution >= 0.6 is 0 Å². The lowest BCUT2D eigenvalue weighted by Crippen LogP contribution is -2.28.